The molecule has 1 fully saturated rings. The zero-order chi connectivity index (χ0) is 15.4. The van der Waals surface area contributed by atoms with E-state index in [9.17, 15) is 17.6 Å². The molecule has 0 atom stereocenters. The van der Waals surface area contributed by atoms with Crippen LogP contribution in [0.1, 0.15) is 27.7 Å². The molecule has 0 aromatic carbocycles. The second-order valence-corrected chi connectivity index (χ2v) is 4.78. The SMILES string of the molecule is CC(C)N1CCN(C(C)C)C1F.O=C(O)C(F)(F)F. The van der Waals surface area contributed by atoms with Crippen LogP contribution in [0, 0.1) is 0 Å². The molecule has 0 saturated carbocycles. The number of hydrogen-bond donors (Lipinski definition) is 1. The molecule has 0 bridgehead atoms. The maximum absolute atomic E-state index is 13.6. The Morgan fingerprint density at radius 2 is 1.37 bits per heavy atom. The number of rotatable bonds is 2. The predicted octanol–water partition coefficient (Wildman–Crippen LogP) is 2.31. The summed E-state index contributed by atoms with van der Waals surface area (Å²) in [5, 5.41) is 7.12. The van der Waals surface area contributed by atoms with Crippen LogP contribution in [-0.4, -0.2) is 58.6 Å². The highest BCUT2D eigenvalue weighted by Crippen LogP contribution is 2.20. The molecule has 0 aromatic heterocycles. The lowest BCUT2D eigenvalue weighted by Crippen LogP contribution is -2.41. The molecule has 1 heterocycles. The number of carboxylic acids is 1. The van der Waals surface area contributed by atoms with E-state index in [-0.39, 0.29) is 0 Å². The first-order valence-electron chi connectivity index (χ1n) is 5.94. The van der Waals surface area contributed by atoms with Crippen LogP contribution in [0.5, 0.6) is 0 Å². The standard InChI is InChI=1S/C9H19FN2.C2HF3O2/c1-7(2)11-5-6-12(8(3)4)9(11)10;3-2(4,5)1(6)7/h7-9H,5-6H2,1-4H3;(H,6,7). The van der Waals surface area contributed by atoms with Crippen molar-refractivity contribution in [3.8, 4) is 0 Å². The molecular weight excluding hydrogens is 268 g/mol. The Bertz CT molecular complexity index is 279. The third-order valence-corrected chi connectivity index (χ3v) is 2.73. The molecule has 1 rings (SSSR count). The Morgan fingerprint density at radius 1 is 1.11 bits per heavy atom. The maximum Gasteiger partial charge on any atom is 0.490 e. The van der Waals surface area contributed by atoms with Gasteiger partial charge in [-0.3, -0.25) is 9.80 Å². The van der Waals surface area contributed by atoms with Gasteiger partial charge in [0.2, 0.25) is 6.42 Å². The van der Waals surface area contributed by atoms with Crippen molar-refractivity contribution >= 4 is 5.97 Å². The van der Waals surface area contributed by atoms with Crippen LogP contribution in [-0.2, 0) is 4.79 Å². The summed E-state index contributed by atoms with van der Waals surface area (Å²) in [6.07, 6.45) is -5.95. The molecule has 0 aliphatic carbocycles. The van der Waals surface area contributed by atoms with Crippen LogP contribution in [0.15, 0.2) is 0 Å². The monoisotopic (exact) mass is 288 g/mol. The molecule has 0 spiro atoms. The Hall–Kier alpha value is -0.890. The summed E-state index contributed by atoms with van der Waals surface area (Å²) in [6, 6.07) is 0.618. The lowest BCUT2D eigenvalue weighted by molar-refractivity contribution is -0.192. The highest BCUT2D eigenvalue weighted by Gasteiger charge is 2.38. The van der Waals surface area contributed by atoms with Crippen molar-refractivity contribution in [2.75, 3.05) is 13.1 Å². The van der Waals surface area contributed by atoms with Gasteiger partial charge in [0.1, 0.15) is 0 Å². The van der Waals surface area contributed by atoms with E-state index in [2.05, 4.69) is 0 Å². The lowest BCUT2D eigenvalue weighted by Gasteiger charge is -2.28. The topological polar surface area (TPSA) is 43.8 Å². The molecular formula is C11H20F4N2O2. The quantitative estimate of drug-likeness (QED) is 0.625. The first kappa shape index (κ1) is 18.1. The summed E-state index contributed by atoms with van der Waals surface area (Å²) in [5.74, 6) is -2.76. The molecule has 0 radical (unpaired) electrons. The van der Waals surface area contributed by atoms with Crippen molar-refractivity contribution in [2.45, 2.75) is 52.4 Å². The maximum atomic E-state index is 13.6. The minimum absolute atomic E-state index is 0.309. The fourth-order valence-corrected chi connectivity index (χ4v) is 1.64. The average molecular weight is 288 g/mol. The first-order valence-corrected chi connectivity index (χ1v) is 5.94. The van der Waals surface area contributed by atoms with E-state index in [4.69, 9.17) is 9.90 Å². The van der Waals surface area contributed by atoms with Gasteiger partial charge < -0.3 is 5.11 Å². The van der Waals surface area contributed by atoms with Gasteiger partial charge in [-0.1, -0.05) is 0 Å². The summed E-state index contributed by atoms with van der Waals surface area (Å²) in [7, 11) is 0. The Kier molecular flexibility index (Phi) is 6.71. The third-order valence-electron chi connectivity index (χ3n) is 2.73. The molecule has 1 N–H and O–H groups in total. The van der Waals surface area contributed by atoms with Crippen LogP contribution >= 0.6 is 0 Å². The van der Waals surface area contributed by atoms with Crippen molar-refractivity contribution in [3.63, 3.8) is 0 Å². The number of nitrogens with zero attached hydrogens (tertiary/aromatic N) is 2. The fourth-order valence-electron chi connectivity index (χ4n) is 1.64. The summed E-state index contributed by atoms with van der Waals surface area (Å²) in [4.78, 5) is 12.7. The normalized spacial score (nSPS) is 18.8. The fraction of sp³-hybridized carbons (Fsp3) is 0.909. The lowest BCUT2D eigenvalue weighted by atomic mass is 10.3. The van der Waals surface area contributed by atoms with Crippen molar-refractivity contribution in [1.29, 1.82) is 0 Å². The number of halogens is 4. The van der Waals surface area contributed by atoms with Crippen molar-refractivity contribution in [1.82, 2.24) is 9.80 Å². The van der Waals surface area contributed by atoms with Crippen LogP contribution in [0.3, 0.4) is 0 Å². The Balaban J connectivity index is 0.000000399. The molecule has 1 aliphatic heterocycles. The number of carboxylic acid groups (broad SMARTS) is 1. The summed E-state index contributed by atoms with van der Waals surface area (Å²) < 4.78 is 45.3. The molecule has 0 amide bonds. The van der Waals surface area contributed by atoms with Gasteiger partial charge in [0, 0.05) is 25.2 Å². The molecule has 19 heavy (non-hydrogen) atoms. The van der Waals surface area contributed by atoms with E-state index in [1.807, 2.05) is 37.5 Å². The van der Waals surface area contributed by atoms with E-state index >= 15 is 0 Å². The van der Waals surface area contributed by atoms with Gasteiger partial charge in [0.15, 0.2) is 0 Å². The summed E-state index contributed by atoms with van der Waals surface area (Å²) in [6.45, 7) is 9.87. The van der Waals surface area contributed by atoms with E-state index < -0.39 is 18.6 Å². The van der Waals surface area contributed by atoms with Crippen molar-refractivity contribution < 1.29 is 27.5 Å². The first-order chi connectivity index (χ1) is 8.48. The van der Waals surface area contributed by atoms with E-state index in [0.717, 1.165) is 13.1 Å². The number of hydrogen-bond acceptors (Lipinski definition) is 3. The molecule has 0 aromatic rings. The predicted molar refractivity (Wildman–Crippen MR) is 62.3 cm³/mol. The highest BCUT2D eigenvalue weighted by atomic mass is 19.4. The largest absolute Gasteiger partial charge is 0.490 e. The van der Waals surface area contributed by atoms with E-state index in [0.29, 0.717) is 12.1 Å². The second-order valence-electron chi connectivity index (χ2n) is 4.78. The van der Waals surface area contributed by atoms with Gasteiger partial charge in [-0.2, -0.15) is 13.2 Å². The second kappa shape index (κ2) is 7.04. The summed E-state index contributed by atoms with van der Waals surface area (Å²) >= 11 is 0. The van der Waals surface area contributed by atoms with Crippen LogP contribution in [0.4, 0.5) is 17.6 Å². The minimum Gasteiger partial charge on any atom is -0.475 e. The van der Waals surface area contributed by atoms with Crippen LogP contribution in [0.25, 0.3) is 0 Å². The molecule has 0 unspecified atom stereocenters. The minimum atomic E-state index is -5.08. The Labute approximate surface area is 110 Å². The smallest absolute Gasteiger partial charge is 0.475 e. The zero-order valence-corrected chi connectivity index (χ0v) is 11.4. The molecule has 114 valence electrons. The molecule has 8 heteroatoms. The van der Waals surface area contributed by atoms with E-state index in [1.54, 1.807) is 0 Å². The van der Waals surface area contributed by atoms with Gasteiger partial charge in [0.05, 0.1) is 0 Å². The number of alkyl halides is 4. The number of aliphatic carboxylic acids is 1. The van der Waals surface area contributed by atoms with Gasteiger partial charge in [-0.05, 0) is 27.7 Å². The molecule has 1 saturated heterocycles. The van der Waals surface area contributed by atoms with Gasteiger partial charge in [-0.15, -0.1) is 0 Å². The Morgan fingerprint density at radius 3 is 1.47 bits per heavy atom. The van der Waals surface area contributed by atoms with E-state index in [1.165, 1.54) is 0 Å². The van der Waals surface area contributed by atoms with Crippen molar-refractivity contribution in [2.24, 2.45) is 0 Å². The van der Waals surface area contributed by atoms with Crippen LogP contribution in [0.2, 0.25) is 0 Å². The zero-order valence-electron chi connectivity index (χ0n) is 11.4. The summed E-state index contributed by atoms with van der Waals surface area (Å²) in [5.41, 5.74) is 0. The van der Waals surface area contributed by atoms with Crippen LogP contribution < -0.4 is 0 Å². The van der Waals surface area contributed by atoms with Gasteiger partial charge >= 0.3 is 12.1 Å². The van der Waals surface area contributed by atoms with Gasteiger partial charge in [-0.25, -0.2) is 9.18 Å². The average Bonchev–Trinajstić information content (AvgIpc) is 2.59. The van der Waals surface area contributed by atoms with Gasteiger partial charge in [0.25, 0.3) is 0 Å². The molecule has 1 aliphatic rings. The number of carbonyl (C=O) groups is 1. The van der Waals surface area contributed by atoms with Crippen molar-refractivity contribution in [3.05, 3.63) is 0 Å². The third kappa shape index (κ3) is 5.73. The highest BCUT2D eigenvalue weighted by molar-refractivity contribution is 5.73. The molecule has 4 nitrogen and oxygen atoms in total.